The molecule has 2 heterocycles. The Morgan fingerprint density at radius 2 is 1.93 bits per heavy atom. The lowest BCUT2D eigenvalue weighted by Crippen LogP contribution is -2.18. The van der Waals surface area contributed by atoms with Crippen LogP contribution in [-0.4, -0.2) is 23.0 Å². The van der Waals surface area contributed by atoms with Gasteiger partial charge in [0, 0.05) is 12.0 Å². The molecule has 0 aliphatic carbocycles. The zero-order valence-electron chi connectivity index (χ0n) is 13.8. The molecule has 2 aromatic carbocycles. The number of carbonyl (C=O) groups excluding carboxylic acids is 1. The number of carbonyl (C=O) groups is 1. The van der Waals surface area contributed by atoms with Gasteiger partial charge in [-0.2, -0.15) is 0 Å². The first-order chi connectivity index (χ1) is 13.1. The van der Waals surface area contributed by atoms with Crippen LogP contribution in [0.2, 0.25) is 5.02 Å². The fourth-order valence-electron chi connectivity index (χ4n) is 2.92. The summed E-state index contributed by atoms with van der Waals surface area (Å²) in [6, 6.07) is 6.93. The van der Waals surface area contributed by atoms with Crippen molar-refractivity contribution < 1.29 is 18.3 Å². The van der Waals surface area contributed by atoms with Crippen LogP contribution in [0.1, 0.15) is 5.56 Å². The monoisotopic (exact) mass is 387 g/mol. The van der Waals surface area contributed by atoms with Crippen LogP contribution in [0, 0.1) is 11.6 Å². The molecule has 27 heavy (non-hydrogen) atoms. The molecule has 0 atom stereocenters. The normalized spacial score (nSPS) is 12.4. The number of rotatable bonds is 4. The van der Waals surface area contributed by atoms with E-state index in [1.54, 1.807) is 6.07 Å². The third kappa shape index (κ3) is 3.10. The summed E-state index contributed by atoms with van der Waals surface area (Å²) in [5.41, 5.74) is 1.57. The molecular weight excluding hydrogens is 376 g/mol. The number of fused-ring (bicyclic) bond motifs is 1. The van der Waals surface area contributed by atoms with E-state index in [0.717, 1.165) is 34.8 Å². The van der Waals surface area contributed by atoms with Gasteiger partial charge in [0.25, 0.3) is 0 Å². The Labute approximate surface area is 158 Å². The van der Waals surface area contributed by atoms with Gasteiger partial charge < -0.3 is 4.74 Å². The summed E-state index contributed by atoms with van der Waals surface area (Å²) in [4.78, 5) is 20.6. The quantitative estimate of drug-likeness (QED) is 0.626. The highest BCUT2D eigenvalue weighted by Crippen LogP contribution is 2.36. The largest absolute Gasteiger partial charge is 0.493 e. The SMILES string of the molecule is O=CN(c1cnc(-c2cc3c(cc2Cl)CCO3)cn1)c1c(F)cccc1F. The lowest BCUT2D eigenvalue weighted by atomic mass is 10.1. The van der Waals surface area contributed by atoms with Gasteiger partial charge in [0.15, 0.2) is 5.82 Å². The Morgan fingerprint density at radius 3 is 2.59 bits per heavy atom. The molecule has 1 amide bonds. The second kappa shape index (κ2) is 6.92. The summed E-state index contributed by atoms with van der Waals surface area (Å²) in [6.45, 7) is 0.599. The van der Waals surface area contributed by atoms with Crippen LogP contribution in [-0.2, 0) is 11.2 Å². The number of benzene rings is 2. The lowest BCUT2D eigenvalue weighted by Gasteiger charge is -2.17. The van der Waals surface area contributed by atoms with Crippen LogP contribution < -0.4 is 9.64 Å². The van der Waals surface area contributed by atoms with Crippen LogP contribution in [0.15, 0.2) is 42.7 Å². The number of para-hydroxylation sites is 1. The highest BCUT2D eigenvalue weighted by molar-refractivity contribution is 6.33. The first-order valence-corrected chi connectivity index (χ1v) is 8.42. The molecule has 0 radical (unpaired) electrons. The molecule has 5 nitrogen and oxygen atoms in total. The van der Waals surface area contributed by atoms with Gasteiger partial charge in [-0.25, -0.2) is 13.8 Å². The van der Waals surface area contributed by atoms with Gasteiger partial charge >= 0.3 is 0 Å². The number of ether oxygens (including phenoxy) is 1. The highest BCUT2D eigenvalue weighted by atomic mass is 35.5. The first-order valence-electron chi connectivity index (χ1n) is 8.04. The molecule has 136 valence electrons. The van der Waals surface area contributed by atoms with Gasteiger partial charge in [-0.3, -0.25) is 14.7 Å². The molecule has 8 heteroatoms. The van der Waals surface area contributed by atoms with Crippen molar-refractivity contribution >= 4 is 29.5 Å². The average Bonchev–Trinajstić information content (AvgIpc) is 3.12. The summed E-state index contributed by atoms with van der Waals surface area (Å²) >= 11 is 6.32. The third-order valence-corrected chi connectivity index (χ3v) is 4.54. The van der Waals surface area contributed by atoms with Gasteiger partial charge in [-0.1, -0.05) is 17.7 Å². The molecule has 0 spiro atoms. The summed E-state index contributed by atoms with van der Waals surface area (Å²) in [5.74, 6) is -1.05. The Bertz CT molecular complexity index is 1010. The minimum absolute atomic E-state index is 0.0220. The molecule has 0 unspecified atom stereocenters. The molecule has 0 N–H and O–H groups in total. The van der Waals surface area contributed by atoms with Gasteiger partial charge in [0.05, 0.1) is 29.7 Å². The summed E-state index contributed by atoms with van der Waals surface area (Å²) in [5, 5.41) is 0.494. The second-order valence-electron chi connectivity index (χ2n) is 5.84. The number of amides is 1. The van der Waals surface area contributed by atoms with E-state index < -0.39 is 17.3 Å². The number of hydrogen-bond acceptors (Lipinski definition) is 4. The van der Waals surface area contributed by atoms with Crippen LogP contribution in [0.4, 0.5) is 20.3 Å². The third-order valence-electron chi connectivity index (χ3n) is 4.22. The molecule has 0 saturated heterocycles. The molecular formula is C19H12ClF2N3O2. The maximum atomic E-state index is 14.0. The predicted octanol–water partition coefficient (Wildman–Crippen LogP) is 4.30. The summed E-state index contributed by atoms with van der Waals surface area (Å²) in [6.07, 6.45) is 3.71. The van der Waals surface area contributed by atoms with E-state index in [4.69, 9.17) is 16.3 Å². The van der Waals surface area contributed by atoms with E-state index in [1.165, 1.54) is 18.5 Å². The van der Waals surface area contributed by atoms with Gasteiger partial charge in [-0.05, 0) is 29.8 Å². The van der Waals surface area contributed by atoms with Crippen molar-refractivity contribution in [3.8, 4) is 17.0 Å². The maximum absolute atomic E-state index is 14.0. The standard InChI is InChI=1S/C19H12ClF2N3O2/c20-13-6-11-4-5-27-17(11)7-12(13)16-8-24-18(9-23-16)25(10-26)19-14(21)2-1-3-15(19)22/h1-3,6-10H,4-5H2. The Morgan fingerprint density at radius 1 is 1.15 bits per heavy atom. The van der Waals surface area contributed by atoms with Crippen LogP contribution in [0.3, 0.4) is 0 Å². The van der Waals surface area contributed by atoms with Crippen molar-refractivity contribution in [3.63, 3.8) is 0 Å². The van der Waals surface area contributed by atoms with Gasteiger partial charge in [-0.15, -0.1) is 0 Å². The van der Waals surface area contributed by atoms with Crippen molar-refractivity contribution in [2.24, 2.45) is 0 Å². The van der Waals surface area contributed by atoms with Gasteiger partial charge in [0.2, 0.25) is 6.41 Å². The first kappa shape index (κ1) is 17.4. The minimum atomic E-state index is -0.883. The average molecular weight is 388 g/mol. The lowest BCUT2D eigenvalue weighted by molar-refractivity contribution is -0.106. The number of hydrogen-bond donors (Lipinski definition) is 0. The summed E-state index contributed by atoms with van der Waals surface area (Å²) in [7, 11) is 0. The topological polar surface area (TPSA) is 55.3 Å². The number of halogens is 3. The van der Waals surface area contributed by atoms with E-state index in [1.807, 2.05) is 6.07 Å². The molecule has 1 aromatic heterocycles. The molecule has 4 rings (SSSR count). The highest BCUT2D eigenvalue weighted by Gasteiger charge is 2.20. The van der Waals surface area contributed by atoms with Crippen molar-refractivity contribution in [2.75, 3.05) is 11.5 Å². The maximum Gasteiger partial charge on any atom is 0.220 e. The fraction of sp³-hybridized carbons (Fsp3) is 0.105. The molecule has 1 aliphatic heterocycles. The van der Waals surface area contributed by atoms with Crippen molar-refractivity contribution in [1.29, 1.82) is 0 Å². The smallest absolute Gasteiger partial charge is 0.220 e. The van der Waals surface area contributed by atoms with Crippen LogP contribution in [0.5, 0.6) is 5.75 Å². The van der Waals surface area contributed by atoms with E-state index >= 15 is 0 Å². The Kier molecular flexibility index (Phi) is 4.45. The molecule has 0 saturated carbocycles. The summed E-state index contributed by atoms with van der Waals surface area (Å²) < 4.78 is 33.5. The predicted molar refractivity (Wildman–Crippen MR) is 96.2 cm³/mol. The Balaban J connectivity index is 1.71. The second-order valence-corrected chi connectivity index (χ2v) is 6.25. The van der Waals surface area contributed by atoms with Crippen molar-refractivity contribution in [2.45, 2.75) is 6.42 Å². The van der Waals surface area contributed by atoms with Gasteiger partial charge in [0.1, 0.15) is 23.1 Å². The van der Waals surface area contributed by atoms with Crippen molar-refractivity contribution in [3.05, 3.63) is 64.9 Å². The number of aromatic nitrogens is 2. The zero-order chi connectivity index (χ0) is 19.0. The van der Waals surface area contributed by atoms with E-state index in [-0.39, 0.29) is 12.2 Å². The zero-order valence-corrected chi connectivity index (χ0v) is 14.6. The molecule has 1 aliphatic rings. The minimum Gasteiger partial charge on any atom is -0.493 e. The van der Waals surface area contributed by atoms with Crippen LogP contribution in [0.25, 0.3) is 11.3 Å². The molecule has 3 aromatic rings. The molecule has 0 bridgehead atoms. The van der Waals surface area contributed by atoms with Crippen molar-refractivity contribution in [1.82, 2.24) is 9.97 Å². The fourth-order valence-corrected chi connectivity index (χ4v) is 3.20. The van der Waals surface area contributed by atoms with E-state index in [9.17, 15) is 13.6 Å². The molecule has 0 fully saturated rings. The number of nitrogens with zero attached hydrogens (tertiary/aromatic N) is 3. The number of anilines is 2. The van der Waals surface area contributed by atoms with Crippen LogP contribution >= 0.6 is 11.6 Å². The Hall–Kier alpha value is -3.06. The van der Waals surface area contributed by atoms with E-state index in [2.05, 4.69) is 9.97 Å². The van der Waals surface area contributed by atoms with E-state index in [0.29, 0.717) is 22.9 Å².